The van der Waals surface area contributed by atoms with Crippen molar-refractivity contribution in [3.8, 4) is 16.8 Å². The van der Waals surface area contributed by atoms with Crippen LogP contribution in [0.2, 0.25) is 0 Å². The molecule has 3 aromatic carbocycles. The van der Waals surface area contributed by atoms with Gasteiger partial charge in [-0.05, 0) is 71.8 Å². The number of halogens is 2. The first kappa shape index (κ1) is 23.6. The van der Waals surface area contributed by atoms with E-state index in [4.69, 9.17) is 5.73 Å². The second kappa shape index (κ2) is 9.15. The third-order valence-corrected chi connectivity index (χ3v) is 6.04. The first-order valence-corrected chi connectivity index (χ1v) is 11.1. The van der Waals surface area contributed by atoms with Gasteiger partial charge < -0.3 is 16.4 Å². The van der Waals surface area contributed by atoms with Crippen molar-refractivity contribution in [2.24, 2.45) is 5.73 Å². The molecule has 184 valence electrons. The Morgan fingerprint density at radius 1 is 0.919 bits per heavy atom. The van der Waals surface area contributed by atoms with E-state index in [1.165, 1.54) is 71.4 Å². The zero-order valence-corrected chi connectivity index (χ0v) is 19.0. The maximum Gasteiger partial charge on any atom is 0.267 e. The summed E-state index contributed by atoms with van der Waals surface area (Å²) in [5.41, 5.74) is 6.18. The van der Waals surface area contributed by atoms with Crippen molar-refractivity contribution in [1.82, 2.24) is 9.88 Å². The molecule has 1 aromatic heterocycles. The predicted molar refractivity (Wildman–Crippen MR) is 131 cm³/mol. The summed E-state index contributed by atoms with van der Waals surface area (Å²) in [5, 5.41) is 5.12. The van der Waals surface area contributed by atoms with Gasteiger partial charge in [-0.1, -0.05) is 6.07 Å². The number of aromatic nitrogens is 1. The van der Waals surface area contributed by atoms with Crippen molar-refractivity contribution in [3.05, 3.63) is 117 Å². The van der Waals surface area contributed by atoms with Crippen molar-refractivity contribution >= 4 is 23.4 Å². The van der Waals surface area contributed by atoms with E-state index in [-0.39, 0.29) is 34.5 Å². The van der Waals surface area contributed by atoms with Crippen LogP contribution in [0.3, 0.4) is 0 Å². The monoisotopic (exact) mass is 500 g/mol. The van der Waals surface area contributed by atoms with Gasteiger partial charge in [0.1, 0.15) is 17.2 Å². The predicted octanol–water partition coefficient (Wildman–Crippen LogP) is 3.38. The van der Waals surface area contributed by atoms with E-state index >= 15 is 4.39 Å². The molecule has 3 amide bonds. The van der Waals surface area contributed by atoms with Crippen LogP contribution < -0.4 is 21.9 Å². The number of primary amides is 1. The van der Waals surface area contributed by atoms with Gasteiger partial charge in [0.15, 0.2) is 0 Å². The standard InChI is InChI=1S/C27H18F2N4O4/c28-14-3-6-16(7-4-14)33-11-1-2-20(27(33)37)25(35)32-15-5-8-18(22(29)12-15)17-9-10-19(24(30)34)23-21(17)13-31-26(23)36/h1-12H,13H2,(H2,30,34)(H,31,36)(H,32,35). The van der Waals surface area contributed by atoms with Gasteiger partial charge in [0.2, 0.25) is 5.91 Å². The Morgan fingerprint density at radius 3 is 2.35 bits per heavy atom. The molecular formula is C27H18F2N4O4. The molecule has 37 heavy (non-hydrogen) atoms. The van der Waals surface area contributed by atoms with Gasteiger partial charge in [-0.15, -0.1) is 0 Å². The molecule has 0 saturated carbocycles. The smallest absolute Gasteiger partial charge is 0.267 e. The van der Waals surface area contributed by atoms with Crippen LogP contribution in [0, 0.1) is 11.6 Å². The number of rotatable bonds is 5. The van der Waals surface area contributed by atoms with Gasteiger partial charge in [-0.3, -0.25) is 23.7 Å². The minimum absolute atomic E-state index is 0.0483. The van der Waals surface area contributed by atoms with Crippen LogP contribution in [0.5, 0.6) is 0 Å². The van der Waals surface area contributed by atoms with Crippen LogP contribution >= 0.6 is 0 Å². The average molecular weight is 500 g/mol. The maximum absolute atomic E-state index is 15.2. The zero-order valence-electron chi connectivity index (χ0n) is 19.0. The molecule has 1 aliphatic heterocycles. The van der Waals surface area contributed by atoms with Crippen LogP contribution in [0.25, 0.3) is 16.8 Å². The molecule has 0 fully saturated rings. The van der Waals surface area contributed by atoms with Crippen LogP contribution in [0.15, 0.2) is 77.7 Å². The Balaban J connectivity index is 1.44. The van der Waals surface area contributed by atoms with Crippen LogP contribution in [-0.4, -0.2) is 22.3 Å². The molecule has 0 bridgehead atoms. The fraction of sp³-hybridized carbons (Fsp3) is 0.0370. The Kier molecular flexibility index (Phi) is 5.84. The molecule has 2 heterocycles. The summed E-state index contributed by atoms with van der Waals surface area (Å²) < 4.78 is 29.6. The topological polar surface area (TPSA) is 123 Å². The number of amides is 3. The minimum atomic E-state index is -0.766. The van der Waals surface area contributed by atoms with Crippen molar-refractivity contribution in [2.45, 2.75) is 6.54 Å². The van der Waals surface area contributed by atoms with Gasteiger partial charge in [-0.2, -0.15) is 0 Å². The summed E-state index contributed by atoms with van der Waals surface area (Å²) in [6.07, 6.45) is 1.45. The lowest BCUT2D eigenvalue weighted by Crippen LogP contribution is -2.27. The summed E-state index contributed by atoms with van der Waals surface area (Å²) in [4.78, 5) is 49.6. The number of anilines is 1. The Morgan fingerprint density at radius 2 is 1.65 bits per heavy atom. The molecule has 4 N–H and O–H groups in total. The second-order valence-corrected chi connectivity index (χ2v) is 8.28. The van der Waals surface area contributed by atoms with E-state index in [0.717, 1.165) is 6.07 Å². The zero-order chi connectivity index (χ0) is 26.3. The lowest BCUT2D eigenvalue weighted by atomic mass is 9.92. The summed E-state index contributed by atoms with van der Waals surface area (Å²) in [6, 6.07) is 14.9. The molecule has 4 aromatic rings. The van der Waals surface area contributed by atoms with Crippen molar-refractivity contribution in [2.75, 3.05) is 5.32 Å². The number of hydrogen-bond acceptors (Lipinski definition) is 4. The van der Waals surface area contributed by atoms with Crippen LogP contribution in [0.4, 0.5) is 14.5 Å². The van der Waals surface area contributed by atoms with E-state index in [2.05, 4.69) is 10.6 Å². The van der Waals surface area contributed by atoms with Gasteiger partial charge in [-0.25, -0.2) is 8.78 Å². The number of fused-ring (bicyclic) bond motifs is 1. The first-order chi connectivity index (χ1) is 17.7. The number of hydrogen-bond donors (Lipinski definition) is 3. The van der Waals surface area contributed by atoms with E-state index in [1.807, 2.05) is 0 Å². The van der Waals surface area contributed by atoms with Crippen LogP contribution in [-0.2, 0) is 6.54 Å². The highest BCUT2D eigenvalue weighted by Gasteiger charge is 2.28. The molecular weight excluding hydrogens is 482 g/mol. The second-order valence-electron chi connectivity index (χ2n) is 8.28. The Labute approximate surface area is 208 Å². The van der Waals surface area contributed by atoms with E-state index in [1.54, 1.807) is 0 Å². The quantitative estimate of drug-likeness (QED) is 0.389. The number of carbonyl (C=O) groups excluding carboxylic acids is 3. The highest BCUT2D eigenvalue weighted by atomic mass is 19.1. The number of carbonyl (C=O) groups is 3. The minimum Gasteiger partial charge on any atom is -0.366 e. The molecule has 8 nitrogen and oxygen atoms in total. The number of nitrogens with two attached hydrogens (primary N) is 1. The molecule has 5 rings (SSSR count). The summed E-state index contributed by atoms with van der Waals surface area (Å²) >= 11 is 0. The lowest BCUT2D eigenvalue weighted by Gasteiger charge is -2.13. The van der Waals surface area contributed by atoms with Gasteiger partial charge in [0, 0.05) is 29.7 Å². The number of nitrogens with zero attached hydrogens (tertiary/aromatic N) is 1. The molecule has 10 heteroatoms. The van der Waals surface area contributed by atoms with Crippen molar-refractivity contribution < 1.29 is 23.2 Å². The van der Waals surface area contributed by atoms with Crippen molar-refractivity contribution in [3.63, 3.8) is 0 Å². The molecule has 0 atom stereocenters. The van der Waals surface area contributed by atoms with Gasteiger partial charge in [0.05, 0.1) is 11.1 Å². The number of benzene rings is 3. The largest absolute Gasteiger partial charge is 0.366 e. The lowest BCUT2D eigenvalue weighted by molar-refractivity contribution is 0.0947. The highest BCUT2D eigenvalue weighted by Crippen LogP contribution is 2.34. The molecule has 1 aliphatic rings. The third-order valence-electron chi connectivity index (χ3n) is 6.04. The highest BCUT2D eigenvalue weighted by molar-refractivity contribution is 6.10. The Hall–Kier alpha value is -5.12. The maximum atomic E-state index is 15.2. The summed E-state index contributed by atoms with van der Waals surface area (Å²) in [6.45, 7) is 0.108. The fourth-order valence-corrected chi connectivity index (χ4v) is 4.29. The normalized spacial score (nSPS) is 12.1. The molecule has 0 saturated heterocycles. The van der Waals surface area contributed by atoms with Crippen molar-refractivity contribution in [1.29, 1.82) is 0 Å². The third kappa shape index (κ3) is 4.25. The van der Waals surface area contributed by atoms with E-state index in [0.29, 0.717) is 16.8 Å². The molecule has 0 aliphatic carbocycles. The molecule has 0 radical (unpaired) electrons. The van der Waals surface area contributed by atoms with E-state index < -0.39 is 34.9 Å². The van der Waals surface area contributed by atoms with Gasteiger partial charge >= 0.3 is 0 Å². The fourth-order valence-electron chi connectivity index (χ4n) is 4.29. The molecule has 0 unspecified atom stereocenters. The van der Waals surface area contributed by atoms with Crippen LogP contribution in [0.1, 0.15) is 36.6 Å². The average Bonchev–Trinajstić information content (AvgIpc) is 3.26. The summed E-state index contributed by atoms with van der Waals surface area (Å²) in [5.74, 6) is -3.15. The SMILES string of the molecule is NC(=O)c1ccc(-c2ccc(NC(=O)c3cccn(-c4ccc(F)cc4)c3=O)cc2F)c2c1C(=O)NC2. The molecule has 0 spiro atoms. The Bertz CT molecular complexity index is 1660. The summed E-state index contributed by atoms with van der Waals surface area (Å²) in [7, 11) is 0. The number of nitrogens with one attached hydrogen (secondary N) is 2. The first-order valence-electron chi connectivity index (χ1n) is 11.1. The number of pyridine rings is 1. The van der Waals surface area contributed by atoms with Gasteiger partial charge in [0.25, 0.3) is 17.4 Å². The van der Waals surface area contributed by atoms with E-state index in [9.17, 15) is 23.6 Å².